The van der Waals surface area contributed by atoms with Crippen LogP contribution in [0.4, 0.5) is 0 Å². The van der Waals surface area contributed by atoms with Gasteiger partial charge >= 0.3 is 5.97 Å². The summed E-state index contributed by atoms with van der Waals surface area (Å²) in [6.45, 7) is 3.08. The normalized spacial score (nSPS) is 31.1. The highest BCUT2D eigenvalue weighted by Crippen LogP contribution is 2.40. The molecule has 0 aromatic carbocycles. The smallest absolute Gasteiger partial charge is 0.307 e. The number of carboxylic acids is 1. The molecule has 1 saturated carbocycles. The van der Waals surface area contributed by atoms with Crippen LogP contribution in [0.15, 0.2) is 0 Å². The standard InChI is InChI=1S/C12H19NO4/c1-7(14)8-2-4-13(5-3-8)11(15)9-6-10(9)12(16)17/h7-10,14H,2-6H2,1H3,(H,16,17)/t7?,9-,10+/m1/s1. The zero-order chi connectivity index (χ0) is 12.6. The van der Waals surface area contributed by atoms with Crippen molar-refractivity contribution in [3.05, 3.63) is 0 Å². The Labute approximate surface area is 100 Å². The summed E-state index contributed by atoms with van der Waals surface area (Å²) in [6.07, 6.45) is 1.80. The largest absolute Gasteiger partial charge is 0.481 e. The Morgan fingerprint density at radius 2 is 1.82 bits per heavy atom. The molecule has 1 heterocycles. The van der Waals surface area contributed by atoms with Crippen LogP contribution in [0.2, 0.25) is 0 Å². The van der Waals surface area contributed by atoms with Crippen LogP contribution in [-0.4, -0.2) is 46.2 Å². The van der Waals surface area contributed by atoms with E-state index in [0.717, 1.165) is 12.8 Å². The monoisotopic (exact) mass is 241 g/mol. The van der Waals surface area contributed by atoms with Gasteiger partial charge < -0.3 is 15.1 Å². The molecule has 0 radical (unpaired) electrons. The minimum atomic E-state index is -0.859. The minimum absolute atomic E-state index is 0.0126. The highest BCUT2D eigenvalue weighted by molar-refractivity contribution is 5.89. The Hall–Kier alpha value is -1.10. The fourth-order valence-electron chi connectivity index (χ4n) is 2.58. The minimum Gasteiger partial charge on any atom is -0.481 e. The van der Waals surface area contributed by atoms with Crippen LogP contribution in [0.1, 0.15) is 26.2 Å². The first-order valence-electron chi connectivity index (χ1n) is 6.20. The maximum Gasteiger partial charge on any atom is 0.307 e. The molecule has 1 aliphatic heterocycles. The molecule has 2 fully saturated rings. The SMILES string of the molecule is CC(O)C1CCN(C(=O)[C@@H]2C[C@@H]2C(=O)O)CC1. The van der Waals surface area contributed by atoms with E-state index in [1.54, 1.807) is 11.8 Å². The van der Waals surface area contributed by atoms with Gasteiger partial charge in [-0.15, -0.1) is 0 Å². The van der Waals surface area contributed by atoms with Gasteiger partial charge in [-0.05, 0) is 32.1 Å². The number of hydrogen-bond donors (Lipinski definition) is 2. The maximum atomic E-state index is 12.0. The molecule has 5 heteroatoms. The van der Waals surface area contributed by atoms with Gasteiger partial charge in [0.1, 0.15) is 0 Å². The molecule has 2 N–H and O–H groups in total. The Morgan fingerprint density at radius 1 is 1.24 bits per heavy atom. The van der Waals surface area contributed by atoms with Crippen LogP contribution in [0.25, 0.3) is 0 Å². The molecule has 96 valence electrons. The van der Waals surface area contributed by atoms with Crippen molar-refractivity contribution in [3.8, 4) is 0 Å². The number of carboxylic acid groups (broad SMARTS) is 1. The van der Waals surface area contributed by atoms with Crippen molar-refractivity contribution < 1.29 is 19.8 Å². The van der Waals surface area contributed by atoms with Gasteiger partial charge in [0.15, 0.2) is 0 Å². The van der Waals surface area contributed by atoms with E-state index in [1.807, 2.05) is 0 Å². The number of piperidine rings is 1. The van der Waals surface area contributed by atoms with Crippen molar-refractivity contribution in [3.63, 3.8) is 0 Å². The van der Waals surface area contributed by atoms with E-state index in [1.165, 1.54) is 0 Å². The average molecular weight is 241 g/mol. The van der Waals surface area contributed by atoms with Gasteiger partial charge in [0.25, 0.3) is 0 Å². The first-order valence-corrected chi connectivity index (χ1v) is 6.20. The van der Waals surface area contributed by atoms with Crippen molar-refractivity contribution >= 4 is 11.9 Å². The molecule has 3 atom stereocenters. The lowest BCUT2D eigenvalue weighted by Gasteiger charge is -2.33. The van der Waals surface area contributed by atoms with Gasteiger partial charge in [0, 0.05) is 13.1 Å². The van der Waals surface area contributed by atoms with Gasteiger partial charge in [-0.1, -0.05) is 0 Å². The highest BCUT2D eigenvalue weighted by atomic mass is 16.4. The van der Waals surface area contributed by atoms with Crippen molar-refractivity contribution in [1.29, 1.82) is 0 Å². The van der Waals surface area contributed by atoms with Crippen LogP contribution in [0.3, 0.4) is 0 Å². The zero-order valence-electron chi connectivity index (χ0n) is 10.0. The second-order valence-corrected chi connectivity index (χ2v) is 5.19. The van der Waals surface area contributed by atoms with E-state index < -0.39 is 11.9 Å². The number of aliphatic carboxylic acids is 1. The van der Waals surface area contributed by atoms with Gasteiger partial charge in [0.2, 0.25) is 5.91 Å². The Morgan fingerprint density at radius 3 is 2.24 bits per heavy atom. The number of nitrogens with zero attached hydrogens (tertiary/aromatic N) is 1. The number of aliphatic hydroxyl groups is 1. The number of rotatable bonds is 3. The Bertz CT molecular complexity index is 320. The molecular weight excluding hydrogens is 222 g/mol. The van der Waals surface area contributed by atoms with E-state index in [2.05, 4.69) is 0 Å². The molecule has 0 bridgehead atoms. The molecule has 17 heavy (non-hydrogen) atoms. The third-order valence-corrected chi connectivity index (χ3v) is 3.96. The molecule has 0 aromatic heterocycles. The summed E-state index contributed by atoms with van der Waals surface area (Å²) in [7, 11) is 0. The van der Waals surface area contributed by atoms with Crippen molar-refractivity contribution in [2.24, 2.45) is 17.8 Å². The van der Waals surface area contributed by atoms with Gasteiger partial charge in [-0.25, -0.2) is 0 Å². The molecule has 0 aromatic rings. The molecule has 1 saturated heterocycles. The van der Waals surface area contributed by atoms with Gasteiger partial charge in [-0.3, -0.25) is 9.59 Å². The molecule has 0 spiro atoms. The second-order valence-electron chi connectivity index (χ2n) is 5.19. The molecule has 2 aliphatic rings. The third kappa shape index (κ3) is 2.60. The summed E-state index contributed by atoms with van der Waals surface area (Å²) in [6, 6.07) is 0. The number of likely N-dealkylation sites (tertiary alicyclic amines) is 1. The van der Waals surface area contributed by atoms with E-state index in [-0.39, 0.29) is 23.8 Å². The summed E-state index contributed by atoms with van der Waals surface area (Å²) in [5, 5.41) is 18.2. The molecule has 1 aliphatic carbocycles. The summed E-state index contributed by atoms with van der Waals surface area (Å²) in [4.78, 5) is 24.4. The van der Waals surface area contributed by atoms with E-state index in [9.17, 15) is 14.7 Å². The second kappa shape index (κ2) is 4.64. The molecular formula is C12H19NO4. The molecule has 1 amide bonds. The van der Waals surface area contributed by atoms with Crippen LogP contribution in [0, 0.1) is 17.8 Å². The Balaban J connectivity index is 1.82. The lowest BCUT2D eigenvalue weighted by atomic mass is 9.92. The summed E-state index contributed by atoms with van der Waals surface area (Å²) < 4.78 is 0. The number of carbonyl (C=O) groups excluding carboxylic acids is 1. The van der Waals surface area contributed by atoms with Crippen LogP contribution in [0.5, 0.6) is 0 Å². The predicted molar refractivity (Wildman–Crippen MR) is 60.2 cm³/mol. The lowest BCUT2D eigenvalue weighted by Crippen LogP contribution is -2.41. The quantitative estimate of drug-likeness (QED) is 0.746. The summed E-state index contributed by atoms with van der Waals surface area (Å²) >= 11 is 0. The van der Waals surface area contributed by atoms with Gasteiger partial charge in [0.05, 0.1) is 17.9 Å². The first kappa shape index (κ1) is 12.4. The topological polar surface area (TPSA) is 77.8 Å². The van der Waals surface area contributed by atoms with Crippen molar-refractivity contribution in [2.75, 3.05) is 13.1 Å². The lowest BCUT2D eigenvalue weighted by molar-refractivity contribution is -0.142. The van der Waals surface area contributed by atoms with Crippen molar-refractivity contribution in [1.82, 2.24) is 4.90 Å². The van der Waals surface area contributed by atoms with Crippen molar-refractivity contribution in [2.45, 2.75) is 32.3 Å². The molecule has 1 unspecified atom stereocenters. The maximum absolute atomic E-state index is 12.0. The van der Waals surface area contributed by atoms with E-state index >= 15 is 0 Å². The highest BCUT2D eigenvalue weighted by Gasteiger charge is 2.50. The number of hydrogen-bond acceptors (Lipinski definition) is 3. The first-order chi connectivity index (χ1) is 8.00. The fourth-order valence-corrected chi connectivity index (χ4v) is 2.58. The molecule has 2 rings (SSSR count). The average Bonchev–Trinajstić information content (AvgIpc) is 3.08. The predicted octanol–water partition coefficient (Wildman–Crippen LogP) is 0.326. The summed E-state index contributed by atoms with van der Waals surface area (Å²) in [5.41, 5.74) is 0. The van der Waals surface area contributed by atoms with E-state index in [4.69, 9.17) is 5.11 Å². The van der Waals surface area contributed by atoms with Crippen LogP contribution < -0.4 is 0 Å². The zero-order valence-corrected chi connectivity index (χ0v) is 10.0. The third-order valence-electron chi connectivity index (χ3n) is 3.96. The fraction of sp³-hybridized carbons (Fsp3) is 0.833. The van der Waals surface area contributed by atoms with Crippen LogP contribution >= 0.6 is 0 Å². The summed E-state index contributed by atoms with van der Waals surface area (Å²) in [5.74, 6) is -1.36. The number of aliphatic hydroxyl groups excluding tert-OH is 1. The number of carbonyl (C=O) groups is 2. The Kier molecular flexibility index (Phi) is 3.38. The van der Waals surface area contributed by atoms with E-state index in [0.29, 0.717) is 19.5 Å². The number of amides is 1. The van der Waals surface area contributed by atoms with Gasteiger partial charge in [-0.2, -0.15) is 0 Å². The van der Waals surface area contributed by atoms with Crippen LogP contribution in [-0.2, 0) is 9.59 Å². The molecule has 5 nitrogen and oxygen atoms in total.